The van der Waals surface area contributed by atoms with Crippen LogP contribution in [0.25, 0.3) is 10.9 Å². The molecule has 0 bridgehead atoms. The molecule has 0 atom stereocenters. The van der Waals surface area contributed by atoms with Gasteiger partial charge in [-0.05, 0) is 43.2 Å². The lowest BCUT2D eigenvalue weighted by molar-refractivity contribution is 0.394. The molecule has 128 valence electrons. The number of nitrogens with one attached hydrogen (secondary N) is 1. The standard InChI is InChI=1S/C20H21N3O2/c1-13-6-5-7-17-14(2)10-19(22-20(13)17)23-21-12-15-8-9-16(24-3)11-18(15)25-4/h5-12H,1-4H3,(H,22,23)/b21-12+. The lowest BCUT2D eigenvalue weighted by Crippen LogP contribution is -1.98. The summed E-state index contributed by atoms with van der Waals surface area (Å²) >= 11 is 0. The Morgan fingerprint density at radius 1 is 1.00 bits per heavy atom. The zero-order chi connectivity index (χ0) is 17.8. The molecule has 0 saturated carbocycles. The summed E-state index contributed by atoms with van der Waals surface area (Å²) in [5, 5.41) is 5.45. The summed E-state index contributed by atoms with van der Waals surface area (Å²) in [5.74, 6) is 2.15. The van der Waals surface area contributed by atoms with E-state index in [9.17, 15) is 0 Å². The Morgan fingerprint density at radius 3 is 2.60 bits per heavy atom. The number of rotatable bonds is 5. The van der Waals surface area contributed by atoms with Crippen LogP contribution in [-0.4, -0.2) is 25.4 Å². The van der Waals surface area contributed by atoms with Gasteiger partial charge in [0.15, 0.2) is 0 Å². The van der Waals surface area contributed by atoms with E-state index in [0.29, 0.717) is 11.6 Å². The van der Waals surface area contributed by atoms with Crippen molar-refractivity contribution < 1.29 is 9.47 Å². The quantitative estimate of drug-likeness (QED) is 0.557. The maximum atomic E-state index is 5.37. The molecule has 1 heterocycles. The zero-order valence-corrected chi connectivity index (χ0v) is 14.8. The van der Waals surface area contributed by atoms with Crippen LogP contribution in [0.3, 0.4) is 0 Å². The van der Waals surface area contributed by atoms with E-state index in [1.54, 1.807) is 20.4 Å². The first-order valence-corrected chi connectivity index (χ1v) is 8.00. The van der Waals surface area contributed by atoms with Gasteiger partial charge in [-0.1, -0.05) is 18.2 Å². The number of benzene rings is 2. The van der Waals surface area contributed by atoms with Gasteiger partial charge in [-0.15, -0.1) is 0 Å². The van der Waals surface area contributed by atoms with Gasteiger partial charge in [0, 0.05) is 17.0 Å². The second-order valence-electron chi connectivity index (χ2n) is 5.77. The summed E-state index contributed by atoms with van der Waals surface area (Å²) in [7, 11) is 3.25. The van der Waals surface area contributed by atoms with E-state index in [0.717, 1.165) is 33.3 Å². The summed E-state index contributed by atoms with van der Waals surface area (Å²) < 4.78 is 10.6. The van der Waals surface area contributed by atoms with E-state index < -0.39 is 0 Å². The number of hydrogen-bond donors (Lipinski definition) is 1. The van der Waals surface area contributed by atoms with Gasteiger partial charge >= 0.3 is 0 Å². The zero-order valence-electron chi connectivity index (χ0n) is 14.8. The Bertz CT molecular complexity index is 936. The van der Waals surface area contributed by atoms with Crippen molar-refractivity contribution >= 4 is 22.9 Å². The maximum Gasteiger partial charge on any atom is 0.147 e. The number of para-hydroxylation sites is 1. The van der Waals surface area contributed by atoms with Crippen molar-refractivity contribution in [1.82, 2.24) is 4.98 Å². The lowest BCUT2D eigenvalue weighted by atomic mass is 10.1. The second kappa shape index (κ2) is 7.21. The minimum absolute atomic E-state index is 0.698. The molecule has 0 spiro atoms. The van der Waals surface area contributed by atoms with Gasteiger partial charge in [-0.25, -0.2) is 4.98 Å². The monoisotopic (exact) mass is 335 g/mol. The third-order valence-corrected chi connectivity index (χ3v) is 4.07. The fourth-order valence-electron chi connectivity index (χ4n) is 2.71. The molecule has 0 aliphatic heterocycles. The Balaban J connectivity index is 1.85. The molecular weight excluding hydrogens is 314 g/mol. The largest absolute Gasteiger partial charge is 0.497 e. The highest BCUT2D eigenvalue weighted by atomic mass is 16.5. The Hall–Kier alpha value is -3.08. The molecule has 25 heavy (non-hydrogen) atoms. The van der Waals surface area contributed by atoms with Crippen LogP contribution in [0.5, 0.6) is 11.5 Å². The number of hydrogen-bond acceptors (Lipinski definition) is 5. The highest BCUT2D eigenvalue weighted by Gasteiger charge is 2.05. The van der Waals surface area contributed by atoms with Crippen LogP contribution in [-0.2, 0) is 0 Å². The molecule has 0 radical (unpaired) electrons. The van der Waals surface area contributed by atoms with Gasteiger partial charge < -0.3 is 9.47 Å². The van der Waals surface area contributed by atoms with Gasteiger partial charge in [-0.3, -0.25) is 5.43 Å². The lowest BCUT2D eigenvalue weighted by Gasteiger charge is -2.08. The molecule has 0 amide bonds. The van der Waals surface area contributed by atoms with Crippen molar-refractivity contribution in [3.63, 3.8) is 0 Å². The van der Waals surface area contributed by atoms with Crippen LogP contribution in [0.2, 0.25) is 0 Å². The second-order valence-corrected chi connectivity index (χ2v) is 5.77. The fraction of sp³-hybridized carbons (Fsp3) is 0.200. The summed E-state index contributed by atoms with van der Waals surface area (Å²) in [4.78, 5) is 4.66. The normalized spacial score (nSPS) is 11.0. The van der Waals surface area contributed by atoms with Crippen molar-refractivity contribution in [2.75, 3.05) is 19.6 Å². The van der Waals surface area contributed by atoms with Crippen LogP contribution in [0, 0.1) is 13.8 Å². The average molecular weight is 335 g/mol. The number of aromatic nitrogens is 1. The summed E-state index contributed by atoms with van der Waals surface area (Å²) in [5.41, 5.74) is 7.15. The van der Waals surface area contributed by atoms with E-state index in [-0.39, 0.29) is 0 Å². The molecule has 3 aromatic rings. The Morgan fingerprint density at radius 2 is 1.84 bits per heavy atom. The number of pyridine rings is 1. The van der Waals surface area contributed by atoms with Crippen molar-refractivity contribution in [1.29, 1.82) is 0 Å². The minimum Gasteiger partial charge on any atom is -0.497 e. The molecule has 0 aliphatic carbocycles. The van der Waals surface area contributed by atoms with Crippen molar-refractivity contribution in [3.8, 4) is 11.5 Å². The molecule has 1 aromatic heterocycles. The molecule has 0 fully saturated rings. The van der Waals surface area contributed by atoms with E-state index in [4.69, 9.17) is 9.47 Å². The maximum absolute atomic E-state index is 5.37. The van der Waals surface area contributed by atoms with Gasteiger partial charge in [-0.2, -0.15) is 5.10 Å². The van der Waals surface area contributed by atoms with Crippen LogP contribution in [0.4, 0.5) is 5.82 Å². The van der Waals surface area contributed by atoms with Gasteiger partial charge in [0.2, 0.25) is 0 Å². The average Bonchev–Trinajstić information content (AvgIpc) is 2.63. The van der Waals surface area contributed by atoms with E-state index >= 15 is 0 Å². The van der Waals surface area contributed by atoms with Crippen LogP contribution in [0.1, 0.15) is 16.7 Å². The molecule has 3 rings (SSSR count). The van der Waals surface area contributed by atoms with Gasteiger partial charge in [0.1, 0.15) is 17.3 Å². The molecule has 0 aliphatic rings. The van der Waals surface area contributed by atoms with Crippen molar-refractivity contribution in [2.24, 2.45) is 5.10 Å². The Kier molecular flexibility index (Phi) is 4.84. The molecule has 0 saturated heterocycles. The topological polar surface area (TPSA) is 55.7 Å². The molecule has 5 nitrogen and oxygen atoms in total. The predicted octanol–water partition coefficient (Wildman–Crippen LogP) is 4.31. The summed E-state index contributed by atoms with van der Waals surface area (Å²) in [6.07, 6.45) is 1.71. The number of fused-ring (bicyclic) bond motifs is 1. The first-order valence-electron chi connectivity index (χ1n) is 8.00. The highest BCUT2D eigenvalue weighted by molar-refractivity contribution is 5.87. The van der Waals surface area contributed by atoms with Gasteiger partial charge in [0.25, 0.3) is 0 Å². The number of methoxy groups -OCH3 is 2. The number of anilines is 1. The van der Waals surface area contributed by atoms with Gasteiger partial charge in [0.05, 0.1) is 26.0 Å². The van der Waals surface area contributed by atoms with Crippen molar-refractivity contribution in [2.45, 2.75) is 13.8 Å². The summed E-state index contributed by atoms with van der Waals surface area (Å²) in [6, 6.07) is 13.8. The molecule has 2 aromatic carbocycles. The predicted molar refractivity (Wildman–Crippen MR) is 102 cm³/mol. The minimum atomic E-state index is 0.698. The first kappa shape index (κ1) is 16.8. The summed E-state index contributed by atoms with van der Waals surface area (Å²) in [6.45, 7) is 4.13. The first-order chi connectivity index (χ1) is 12.1. The smallest absolute Gasteiger partial charge is 0.147 e. The third kappa shape index (κ3) is 3.55. The molecular formula is C20H21N3O2. The number of aryl methyl sites for hydroxylation is 2. The molecule has 1 N–H and O–H groups in total. The van der Waals surface area contributed by atoms with E-state index in [1.807, 2.05) is 30.3 Å². The fourth-order valence-corrected chi connectivity index (χ4v) is 2.71. The van der Waals surface area contributed by atoms with E-state index in [1.165, 1.54) is 0 Å². The number of ether oxygens (including phenoxy) is 2. The van der Waals surface area contributed by atoms with Crippen LogP contribution in [0.15, 0.2) is 47.6 Å². The van der Waals surface area contributed by atoms with Crippen LogP contribution < -0.4 is 14.9 Å². The van der Waals surface area contributed by atoms with Crippen LogP contribution >= 0.6 is 0 Å². The third-order valence-electron chi connectivity index (χ3n) is 4.07. The SMILES string of the molecule is COc1ccc(/C=N/Nc2cc(C)c3cccc(C)c3n2)c(OC)c1. The van der Waals surface area contributed by atoms with Crippen molar-refractivity contribution in [3.05, 3.63) is 59.2 Å². The molecule has 5 heteroatoms. The Labute approximate surface area is 147 Å². The van der Waals surface area contributed by atoms with E-state index in [2.05, 4.69) is 41.5 Å². The molecule has 0 unspecified atom stereocenters. The highest BCUT2D eigenvalue weighted by Crippen LogP contribution is 2.24. The number of nitrogens with zero attached hydrogens (tertiary/aromatic N) is 2. The number of hydrazone groups is 1.